The number of rotatable bonds is 4. The van der Waals surface area contributed by atoms with Crippen molar-refractivity contribution < 1.29 is 0 Å². The summed E-state index contributed by atoms with van der Waals surface area (Å²) in [5.74, 6) is 1.73. The molecule has 0 radical (unpaired) electrons. The highest BCUT2D eigenvalue weighted by molar-refractivity contribution is 4.93. The van der Waals surface area contributed by atoms with Crippen molar-refractivity contribution in [1.82, 2.24) is 10.2 Å². The second-order valence-corrected chi connectivity index (χ2v) is 8.72. The van der Waals surface area contributed by atoms with E-state index < -0.39 is 0 Å². The summed E-state index contributed by atoms with van der Waals surface area (Å²) in [7, 11) is 2.17. The van der Waals surface area contributed by atoms with Gasteiger partial charge in [0.1, 0.15) is 0 Å². The summed E-state index contributed by atoms with van der Waals surface area (Å²) in [5, 5.41) is 3.62. The van der Waals surface area contributed by atoms with Crippen molar-refractivity contribution in [2.75, 3.05) is 13.6 Å². The van der Waals surface area contributed by atoms with E-state index in [0.717, 1.165) is 30.0 Å². The van der Waals surface area contributed by atoms with Crippen LogP contribution in [0.2, 0.25) is 0 Å². The van der Waals surface area contributed by atoms with Crippen LogP contribution in [0.25, 0.3) is 0 Å². The molecule has 2 heteroatoms. The van der Waals surface area contributed by atoms with Gasteiger partial charge in [-0.1, -0.05) is 27.7 Å². The van der Waals surface area contributed by atoms with Gasteiger partial charge in [-0.2, -0.15) is 0 Å². The molecule has 0 aromatic carbocycles. The van der Waals surface area contributed by atoms with Crippen molar-refractivity contribution in [3.8, 4) is 0 Å². The van der Waals surface area contributed by atoms with Gasteiger partial charge in [0.05, 0.1) is 0 Å². The summed E-state index contributed by atoms with van der Waals surface area (Å²) in [6.07, 6.45) is 8.31. The molecule has 124 valence electrons. The van der Waals surface area contributed by atoms with Crippen LogP contribution in [0.5, 0.6) is 0 Å². The van der Waals surface area contributed by atoms with E-state index >= 15 is 0 Å². The van der Waals surface area contributed by atoms with Gasteiger partial charge in [0.15, 0.2) is 0 Å². The quantitative estimate of drug-likeness (QED) is 0.831. The first kappa shape index (κ1) is 17.3. The zero-order chi connectivity index (χ0) is 15.6. The number of hydrogen-bond donors (Lipinski definition) is 1. The molecule has 1 saturated heterocycles. The van der Waals surface area contributed by atoms with Crippen LogP contribution in [0, 0.1) is 17.3 Å². The maximum Gasteiger partial charge on any atom is 0.0105 e. The molecule has 2 rings (SSSR count). The summed E-state index contributed by atoms with van der Waals surface area (Å²) in [5.41, 5.74) is 0.470. The van der Waals surface area contributed by atoms with Crippen molar-refractivity contribution >= 4 is 0 Å². The molecule has 5 atom stereocenters. The van der Waals surface area contributed by atoms with Gasteiger partial charge in [-0.15, -0.1) is 0 Å². The molecule has 0 aromatic rings. The highest BCUT2D eigenvalue weighted by Crippen LogP contribution is 2.41. The summed E-state index contributed by atoms with van der Waals surface area (Å²) in [4.78, 5) is 2.83. The Morgan fingerprint density at radius 1 is 1.10 bits per heavy atom. The monoisotopic (exact) mass is 294 g/mol. The summed E-state index contributed by atoms with van der Waals surface area (Å²) in [6.45, 7) is 13.4. The van der Waals surface area contributed by atoms with E-state index in [0.29, 0.717) is 5.41 Å². The van der Waals surface area contributed by atoms with Crippen LogP contribution in [0.1, 0.15) is 73.1 Å². The minimum absolute atomic E-state index is 0.470. The molecule has 1 N–H and O–H groups in total. The van der Waals surface area contributed by atoms with Gasteiger partial charge >= 0.3 is 0 Å². The Balaban J connectivity index is 2.03. The lowest BCUT2D eigenvalue weighted by atomic mass is 9.67. The summed E-state index contributed by atoms with van der Waals surface area (Å²) < 4.78 is 0. The summed E-state index contributed by atoms with van der Waals surface area (Å²) >= 11 is 0. The fourth-order valence-electron chi connectivity index (χ4n) is 4.80. The fourth-order valence-corrected chi connectivity index (χ4v) is 4.80. The topological polar surface area (TPSA) is 15.3 Å². The van der Waals surface area contributed by atoms with Gasteiger partial charge in [-0.05, 0) is 69.7 Å². The molecule has 2 aliphatic rings. The lowest BCUT2D eigenvalue weighted by Gasteiger charge is -2.44. The molecular formula is C19H38N2. The molecule has 1 aliphatic carbocycles. The second-order valence-electron chi connectivity index (χ2n) is 8.72. The molecule has 1 saturated carbocycles. The molecule has 2 nitrogen and oxygen atoms in total. The van der Waals surface area contributed by atoms with Gasteiger partial charge in [-0.25, -0.2) is 0 Å². The van der Waals surface area contributed by atoms with Crippen molar-refractivity contribution in [2.45, 2.75) is 91.3 Å². The van der Waals surface area contributed by atoms with Crippen molar-refractivity contribution in [3.63, 3.8) is 0 Å². The lowest BCUT2D eigenvalue weighted by molar-refractivity contribution is 0.0744. The maximum atomic E-state index is 3.62. The van der Waals surface area contributed by atoms with Crippen molar-refractivity contribution in [2.24, 2.45) is 17.3 Å². The van der Waals surface area contributed by atoms with Gasteiger partial charge in [0.2, 0.25) is 0 Å². The van der Waals surface area contributed by atoms with Crippen LogP contribution >= 0.6 is 0 Å². The molecule has 0 bridgehead atoms. The molecule has 0 spiro atoms. The second kappa shape index (κ2) is 7.00. The predicted octanol–water partition coefficient (Wildman–Crippen LogP) is 4.30. The molecule has 0 aromatic heterocycles. The van der Waals surface area contributed by atoms with E-state index in [1.54, 1.807) is 0 Å². The van der Waals surface area contributed by atoms with Gasteiger partial charge in [-0.3, -0.25) is 4.90 Å². The first-order valence-corrected chi connectivity index (χ1v) is 9.29. The van der Waals surface area contributed by atoms with E-state index in [9.17, 15) is 0 Å². The SMILES string of the molecule is CCC1CCC(C)N1CC1CC(C(C)(C)C)CCC1NC. The molecule has 1 heterocycles. The standard InChI is InChI=1S/C19H38N2/c1-7-17-10-8-14(2)21(17)13-15-12-16(19(3,4)5)9-11-18(15)20-6/h14-18,20H,7-13H2,1-6H3. The van der Waals surface area contributed by atoms with E-state index in [-0.39, 0.29) is 0 Å². The highest BCUT2D eigenvalue weighted by atomic mass is 15.2. The zero-order valence-electron chi connectivity index (χ0n) is 15.3. The molecule has 2 fully saturated rings. The van der Waals surface area contributed by atoms with E-state index in [4.69, 9.17) is 0 Å². The molecular weight excluding hydrogens is 256 g/mol. The lowest BCUT2D eigenvalue weighted by Crippen LogP contribution is -2.48. The van der Waals surface area contributed by atoms with Crippen LogP contribution in [0.4, 0.5) is 0 Å². The fraction of sp³-hybridized carbons (Fsp3) is 1.00. The van der Waals surface area contributed by atoms with Gasteiger partial charge in [0, 0.05) is 24.7 Å². The zero-order valence-corrected chi connectivity index (χ0v) is 15.3. The Labute approximate surface area is 133 Å². The van der Waals surface area contributed by atoms with Gasteiger partial charge < -0.3 is 5.32 Å². The van der Waals surface area contributed by atoms with E-state index in [1.807, 2.05) is 0 Å². The Morgan fingerprint density at radius 3 is 2.38 bits per heavy atom. The maximum absolute atomic E-state index is 3.62. The predicted molar refractivity (Wildman–Crippen MR) is 92.6 cm³/mol. The highest BCUT2D eigenvalue weighted by Gasteiger charge is 2.38. The third-order valence-corrected chi connectivity index (χ3v) is 6.45. The van der Waals surface area contributed by atoms with Crippen molar-refractivity contribution in [1.29, 1.82) is 0 Å². The number of nitrogens with one attached hydrogen (secondary N) is 1. The van der Waals surface area contributed by atoms with Gasteiger partial charge in [0.25, 0.3) is 0 Å². The minimum atomic E-state index is 0.470. The first-order valence-electron chi connectivity index (χ1n) is 9.29. The van der Waals surface area contributed by atoms with Crippen LogP contribution in [-0.2, 0) is 0 Å². The molecule has 0 amide bonds. The smallest absolute Gasteiger partial charge is 0.0105 e. The Bertz CT molecular complexity index is 320. The normalized spacial score (nSPS) is 38.9. The largest absolute Gasteiger partial charge is 0.317 e. The van der Waals surface area contributed by atoms with E-state index in [1.165, 1.54) is 45.1 Å². The molecule has 1 aliphatic heterocycles. The Hall–Kier alpha value is -0.0800. The number of hydrogen-bond acceptors (Lipinski definition) is 2. The van der Waals surface area contributed by atoms with Crippen molar-refractivity contribution in [3.05, 3.63) is 0 Å². The van der Waals surface area contributed by atoms with Crippen LogP contribution < -0.4 is 5.32 Å². The average molecular weight is 295 g/mol. The minimum Gasteiger partial charge on any atom is -0.317 e. The Morgan fingerprint density at radius 2 is 1.81 bits per heavy atom. The van der Waals surface area contributed by atoms with Crippen LogP contribution in [-0.4, -0.2) is 36.6 Å². The number of nitrogens with zero attached hydrogens (tertiary/aromatic N) is 1. The third kappa shape index (κ3) is 4.01. The first-order chi connectivity index (χ1) is 9.86. The van der Waals surface area contributed by atoms with Crippen LogP contribution in [0.15, 0.2) is 0 Å². The van der Waals surface area contributed by atoms with Crippen LogP contribution in [0.3, 0.4) is 0 Å². The van der Waals surface area contributed by atoms with E-state index in [2.05, 4.69) is 51.9 Å². The average Bonchev–Trinajstić information content (AvgIpc) is 2.78. The summed E-state index contributed by atoms with van der Waals surface area (Å²) in [6, 6.07) is 2.36. The molecule has 5 unspecified atom stereocenters. The third-order valence-electron chi connectivity index (χ3n) is 6.45. The number of likely N-dealkylation sites (tertiary alicyclic amines) is 1. The Kier molecular flexibility index (Phi) is 5.76. The molecule has 21 heavy (non-hydrogen) atoms.